The van der Waals surface area contributed by atoms with Crippen LogP contribution < -0.4 is 4.74 Å². The van der Waals surface area contributed by atoms with Crippen LogP contribution in [0, 0.1) is 17.1 Å². The van der Waals surface area contributed by atoms with E-state index in [-0.39, 0.29) is 22.4 Å². The summed E-state index contributed by atoms with van der Waals surface area (Å²) in [4.78, 5) is 0. The van der Waals surface area contributed by atoms with Crippen molar-refractivity contribution >= 4 is 27.5 Å². The summed E-state index contributed by atoms with van der Waals surface area (Å²) in [6.45, 7) is 0.229. The zero-order chi connectivity index (χ0) is 13.8. The minimum Gasteiger partial charge on any atom is -0.486 e. The van der Waals surface area contributed by atoms with E-state index in [1.165, 1.54) is 12.1 Å². The van der Waals surface area contributed by atoms with Crippen molar-refractivity contribution in [3.8, 4) is 11.8 Å². The molecule has 2 aromatic rings. The average molecular weight is 341 g/mol. The minimum atomic E-state index is -0.576. The van der Waals surface area contributed by atoms with Gasteiger partial charge in [0.2, 0.25) is 0 Å². The lowest BCUT2D eigenvalue weighted by atomic mass is 10.2. The third kappa shape index (κ3) is 3.25. The molecular weight excluding hydrogens is 333 g/mol. The van der Waals surface area contributed by atoms with Crippen LogP contribution in [0.3, 0.4) is 0 Å². The van der Waals surface area contributed by atoms with Crippen LogP contribution in [0.4, 0.5) is 4.39 Å². The first-order valence-electron chi connectivity index (χ1n) is 5.37. The number of ether oxygens (including phenoxy) is 1. The Labute approximate surface area is 123 Å². The van der Waals surface area contributed by atoms with E-state index < -0.39 is 5.82 Å². The summed E-state index contributed by atoms with van der Waals surface area (Å²) in [5.41, 5.74) is 1.11. The van der Waals surface area contributed by atoms with Gasteiger partial charge in [-0.05, 0) is 45.8 Å². The number of benzene rings is 2. The lowest BCUT2D eigenvalue weighted by Gasteiger charge is -2.09. The molecule has 0 bridgehead atoms. The van der Waals surface area contributed by atoms with Crippen LogP contribution in [-0.2, 0) is 6.61 Å². The molecule has 0 atom stereocenters. The molecule has 0 saturated heterocycles. The Bertz CT molecular complexity index is 637. The SMILES string of the molecule is N#Cc1ccc(OCc2ccc(Cl)cc2)c(F)c1Br. The molecule has 0 spiro atoms. The van der Waals surface area contributed by atoms with Crippen molar-refractivity contribution in [1.29, 1.82) is 5.26 Å². The predicted molar refractivity (Wildman–Crippen MR) is 74.6 cm³/mol. The van der Waals surface area contributed by atoms with E-state index in [4.69, 9.17) is 21.6 Å². The number of hydrogen-bond acceptors (Lipinski definition) is 2. The van der Waals surface area contributed by atoms with Crippen LogP contribution in [0.1, 0.15) is 11.1 Å². The van der Waals surface area contributed by atoms with Gasteiger partial charge in [0.15, 0.2) is 11.6 Å². The first kappa shape index (κ1) is 13.9. The van der Waals surface area contributed by atoms with Crippen LogP contribution in [0.15, 0.2) is 40.9 Å². The minimum absolute atomic E-state index is 0.0980. The lowest BCUT2D eigenvalue weighted by molar-refractivity contribution is 0.289. The van der Waals surface area contributed by atoms with Gasteiger partial charge in [0.25, 0.3) is 0 Å². The summed E-state index contributed by atoms with van der Waals surface area (Å²) in [6.07, 6.45) is 0. The van der Waals surface area contributed by atoms with Crippen LogP contribution in [-0.4, -0.2) is 0 Å². The number of rotatable bonds is 3. The summed E-state index contributed by atoms with van der Waals surface area (Å²) in [5, 5.41) is 9.40. The van der Waals surface area contributed by atoms with Crippen LogP contribution in [0.5, 0.6) is 5.75 Å². The Hall–Kier alpha value is -1.57. The normalized spacial score (nSPS) is 10.0. The molecule has 0 unspecified atom stereocenters. The molecule has 2 nitrogen and oxygen atoms in total. The summed E-state index contributed by atoms with van der Waals surface area (Å²) >= 11 is 8.80. The fourth-order valence-corrected chi connectivity index (χ4v) is 2.01. The van der Waals surface area contributed by atoms with Crippen molar-refractivity contribution < 1.29 is 9.13 Å². The van der Waals surface area contributed by atoms with E-state index in [1.807, 2.05) is 6.07 Å². The summed E-state index contributed by atoms with van der Waals surface area (Å²) in [6, 6.07) is 11.9. The van der Waals surface area contributed by atoms with Crippen LogP contribution in [0.25, 0.3) is 0 Å². The van der Waals surface area contributed by atoms with Crippen molar-refractivity contribution in [2.75, 3.05) is 0 Å². The van der Waals surface area contributed by atoms with Crippen molar-refractivity contribution in [2.45, 2.75) is 6.61 Å². The summed E-state index contributed by atoms with van der Waals surface area (Å²) < 4.78 is 19.4. The molecule has 0 saturated carbocycles. The molecule has 0 radical (unpaired) electrons. The number of nitrogens with zero attached hydrogens (tertiary/aromatic N) is 1. The molecule has 5 heteroatoms. The predicted octanol–water partition coefficient (Wildman–Crippen LogP) is 4.69. The fourth-order valence-electron chi connectivity index (χ4n) is 1.47. The van der Waals surface area contributed by atoms with Gasteiger partial charge < -0.3 is 4.74 Å². The molecule has 2 aromatic carbocycles. The second-order valence-corrected chi connectivity index (χ2v) is 5.00. The maximum absolute atomic E-state index is 13.9. The highest BCUT2D eigenvalue weighted by atomic mass is 79.9. The monoisotopic (exact) mass is 339 g/mol. The molecule has 0 amide bonds. The second kappa shape index (κ2) is 6.05. The molecule has 2 rings (SSSR count). The topological polar surface area (TPSA) is 33.0 Å². The van der Waals surface area contributed by atoms with Crippen LogP contribution in [0.2, 0.25) is 5.02 Å². The van der Waals surface area contributed by atoms with E-state index in [1.54, 1.807) is 24.3 Å². The second-order valence-electron chi connectivity index (χ2n) is 3.77. The van der Waals surface area contributed by atoms with Gasteiger partial charge in [0, 0.05) is 5.02 Å². The Kier molecular flexibility index (Phi) is 4.41. The van der Waals surface area contributed by atoms with Gasteiger partial charge in [-0.1, -0.05) is 23.7 Å². The number of hydrogen-bond donors (Lipinski definition) is 0. The first-order valence-corrected chi connectivity index (χ1v) is 6.54. The van der Waals surface area contributed by atoms with Gasteiger partial charge in [-0.15, -0.1) is 0 Å². The third-order valence-electron chi connectivity index (χ3n) is 2.47. The third-order valence-corrected chi connectivity index (χ3v) is 3.50. The molecule has 19 heavy (non-hydrogen) atoms. The largest absolute Gasteiger partial charge is 0.486 e. The zero-order valence-corrected chi connectivity index (χ0v) is 12.0. The highest BCUT2D eigenvalue weighted by Crippen LogP contribution is 2.28. The molecule has 0 aliphatic carbocycles. The van der Waals surface area contributed by atoms with E-state index in [0.717, 1.165) is 5.56 Å². The van der Waals surface area contributed by atoms with Gasteiger partial charge in [0.05, 0.1) is 10.0 Å². The number of halogens is 3. The molecule has 0 aliphatic rings. The van der Waals surface area contributed by atoms with Gasteiger partial charge in [0.1, 0.15) is 12.7 Å². The van der Waals surface area contributed by atoms with Gasteiger partial charge >= 0.3 is 0 Å². The molecule has 0 heterocycles. The Morgan fingerprint density at radius 2 is 1.89 bits per heavy atom. The summed E-state index contributed by atoms with van der Waals surface area (Å²) in [5.74, 6) is -0.478. The fraction of sp³-hybridized carbons (Fsp3) is 0.0714. The maximum atomic E-state index is 13.9. The maximum Gasteiger partial charge on any atom is 0.180 e. The molecular formula is C14H8BrClFNO. The van der Waals surface area contributed by atoms with Crippen molar-refractivity contribution in [2.24, 2.45) is 0 Å². The highest BCUT2D eigenvalue weighted by molar-refractivity contribution is 9.10. The Morgan fingerprint density at radius 1 is 1.21 bits per heavy atom. The first-order chi connectivity index (χ1) is 9.11. The van der Waals surface area contributed by atoms with Gasteiger partial charge in [-0.2, -0.15) is 5.26 Å². The zero-order valence-electron chi connectivity index (χ0n) is 9.66. The van der Waals surface area contributed by atoms with Crippen molar-refractivity contribution in [3.63, 3.8) is 0 Å². The Morgan fingerprint density at radius 3 is 2.53 bits per heavy atom. The standard InChI is InChI=1S/C14H8BrClFNO/c15-13-10(7-18)3-6-12(14(13)17)19-8-9-1-4-11(16)5-2-9/h1-6H,8H2. The molecule has 0 N–H and O–H groups in total. The number of nitriles is 1. The molecule has 0 aliphatic heterocycles. The van der Waals surface area contributed by atoms with Crippen LogP contribution >= 0.6 is 27.5 Å². The van der Waals surface area contributed by atoms with E-state index in [2.05, 4.69) is 15.9 Å². The van der Waals surface area contributed by atoms with E-state index in [0.29, 0.717) is 5.02 Å². The van der Waals surface area contributed by atoms with E-state index >= 15 is 0 Å². The van der Waals surface area contributed by atoms with E-state index in [9.17, 15) is 4.39 Å². The quantitative estimate of drug-likeness (QED) is 0.812. The van der Waals surface area contributed by atoms with Crippen molar-refractivity contribution in [3.05, 3.63) is 62.8 Å². The molecule has 96 valence electrons. The highest BCUT2D eigenvalue weighted by Gasteiger charge is 2.12. The molecule has 0 fully saturated rings. The average Bonchev–Trinajstić information content (AvgIpc) is 2.42. The smallest absolute Gasteiger partial charge is 0.180 e. The summed E-state index contributed by atoms with van der Waals surface area (Å²) in [7, 11) is 0. The molecule has 0 aromatic heterocycles. The van der Waals surface area contributed by atoms with Crippen molar-refractivity contribution in [1.82, 2.24) is 0 Å². The lowest BCUT2D eigenvalue weighted by Crippen LogP contribution is -1.98. The van der Waals surface area contributed by atoms with Gasteiger partial charge in [-0.25, -0.2) is 4.39 Å². The van der Waals surface area contributed by atoms with Gasteiger partial charge in [-0.3, -0.25) is 0 Å². The Balaban J connectivity index is 2.14.